The van der Waals surface area contributed by atoms with Gasteiger partial charge in [0.25, 0.3) is 5.91 Å². The number of anilines is 1. The maximum Gasteiger partial charge on any atom is 0.255 e. The van der Waals surface area contributed by atoms with E-state index in [9.17, 15) is 9.59 Å². The summed E-state index contributed by atoms with van der Waals surface area (Å²) < 4.78 is 0. The van der Waals surface area contributed by atoms with Crippen molar-refractivity contribution < 1.29 is 9.59 Å². The van der Waals surface area contributed by atoms with Gasteiger partial charge in [0.1, 0.15) is 0 Å². The highest BCUT2D eigenvalue weighted by Gasteiger charge is 2.15. The third kappa shape index (κ3) is 3.53. The Labute approximate surface area is 144 Å². The average Bonchev–Trinajstić information content (AvgIpc) is 2.63. The predicted octanol–water partition coefficient (Wildman–Crippen LogP) is 4.82. The van der Waals surface area contributed by atoms with E-state index in [2.05, 4.69) is 5.32 Å². The lowest BCUT2D eigenvalue weighted by molar-refractivity contribution is 0.102. The number of halogens is 1. The van der Waals surface area contributed by atoms with Gasteiger partial charge in [-0.2, -0.15) is 0 Å². The Morgan fingerprint density at radius 3 is 2.04 bits per heavy atom. The summed E-state index contributed by atoms with van der Waals surface area (Å²) >= 11 is 5.86. The maximum atomic E-state index is 12.7. The number of carbonyl (C=O) groups is 2. The topological polar surface area (TPSA) is 46.2 Å². The first-order chi connectivity index (χ1) is 11.6. The van der Waals surface area contributed by atoms with Gasteiger partial charge < -0.3 is 5.32 Å². The SMILES string of the molecule is O=C(Nc1ccccc1C(=O)c1ccc(Cl)cc1)c1ccccc1. The van der Waals surface area contributed by atoms with Crippen molar-refractivity contribution in [3.8, 4) is 0 Å². The number of benzene rings is 3. The Bertz CT molecular complexity index is 874. The molecule has 4 heteroatoms. The zero-order valence-electron chi connectivity index (χ0n) is 12.7. The number of nitrogens with one attached hydrogen (secondary N) is 1. The van der Waals surface area contributed by atoms with Gasteiger partial charge in [0, 0.05) is 21.7 Å². The fourth-order valence-electron chi connectivity index (χ4n) is 2.33. The van der Waals surface area contributed by atoms with Crippen LogP contribution in [0, 0.1) is 0 Å². The number of rotatable bonds is 4. The highest BCUT2D eigenvalue weighted by molar-refractivity contribution is 6.30. The first kappa shape index (κ1) is 16.0. The van der Waals surface area contributed by atoms with Crippen LogP contribution in [0.3, 0.4) is 0 Å². The number of ketones is 1. The molecule has 0 aliphatic rings. The summed E-state index contributed by atoms with van der Waals surface area (Å²) in [5.41, 5.74) is 1.96. The van der Waals surface area contributed by atoms with Crippen LogP contribution in [-0.4, -0.2) is 11.7 Å². The fraction of sp³-hybridized carbons (Fsp3) is 0. The Morgan fingerprint density at radius 1 is 0.708 bits per heavy atom. The molecule has 0 fully saturated rings. The van der Waals surface area contributed by atoms with E-state index in [1.165, 1.54) is 0 Å². The molecule has 0 bridgehead atoms. The molecular formula is C20H14ClNO2. The van der Waals surface area contributed by atoms with E-state index in [1.807, 2.05) is 6.07 Å². The molecule has 24 heavy (non-hydrogen) atoms. The lowest BCUT2D eigenvalue weighted by Gasteiger charge is -2.10. The molecule has 3 nitrogen and oxygen atoms in total. The molecule has 3 rings (SSSR count). The normalized spacial score (nSPS) is 10.2. The van der Waals surface area contributed by atoms with Crippen molar-refractivity contribution >= 4 is 29.0 Å². The van der Waals surface area contributed by atoms with E-state index in [-0.39, 0.29) is 11.7 Å². The summed E-state index contributed by atoms with van der Waals surface area (Å²) in [5.74, 6) is -0.428. The summed E-state index contributed by atoms with van der Waals surface area (Å²) in [6.07, 6.45) is 0. The van der Waals surface area contributed by atoms with Gasteiger partial charge in [-0.05, 0) is 48.5 Å². The van der Waals surface area contributed by atoms with Crippen LogP contribution in [0.25, 0.3) is 0 Å². The van der Waals surface area contributed by atoms with Crippen molar-refractivity contribution in [2.45, 2.75) is 0 Å². The van der Waals surface area contributed by atoms with Gasteiger partial charge in [-0.3, -0.25) is 9.59 Å². The standard InChI is InChI=1S/C20H14ClNO2/c21-16-12-10-14(11-13-16)19(23)17-8-4-5-9-18(17)22-20(24)15-6-2-1-3-7-15/h1-13H,(H,22,24). The minimum absolute atomic E-state index is 0.171. The first-order valence-corrected chi connectivity index (χ1v) is 7.78. The monoisotopic (exact) mass is 335 g/mol. The van der Waals surface area contributed by atoms with Gasteiger partial charge in [-0.1, -0.05) is 41.9 Å². The summed E-state index contributed by atoms with van der Waals surface area (Å²) in [4.78, 5) is 25.0. The quantitative estimate of drug-likeness (QED) is 0.694. The van der Waals surface area contributed by atoms with E-state index in [1.54, 1.807) is 72.8 Å². The van der Waals surface area contributed by atoms with E-state index in [0.717, 1.165) is 0 Å². The molecule has 0 aliphatic carbocycles. The van der Waals surface area contributed by atoms with Crippen molar-refractivity contribution in [1.29, 1.82) is 0 Å². The fourth-order valence-corrected chi connectivity index (χ4v) is 2.46. The summed E-state index contributed by atoms with van der Waals surface area (Å²) in [7, 11) is 0. The van der Waals surface area contributed by atoms with Gasteiger partial charge in [0.15, 0.2) is 5.78 Å². The minimum Gasteiger partial charge on any atom is -0.321 e. The third-order valence-corrected chi connectivity index (χ3v) is 3.81. The molecule has 0 heterocycles. The molecule has 0 atom stereocenters. The molecule has 0 radical (unpaired) electrons. The average molecular weight is 336 g/mol. The van der Waals surface area contributed by atoms with Crippen LogP contribution < -0.4 is 5.32 Å². The van der Waals surface area contributed by atoms with Crippen molar-refractivity contribution in [2.24, 2.45) is 0 Å². The van der Waals surface area contributed by atoms with Gasteiger partial charge in [0.2, 0.25) is 0 Å². The number of amides is 1. The van der Waals surface area contributed by atoms with Crippen LogP contribution in [0.2, 0.25) is 5.02 Å². The number of carbonyl (C=O) groups excluding carboxylic acids is 2. The zero-order valence-corrected chi connectivity index (χ0v) is 13.5. The molecule has 118 valence electrons. The first-order valence-electron chi connectivity index (χ1n) is 7.41. The second-order valence-corrected chi connectivity index (χ2v) is 5.64. The van der Waals surface area contributed by atoms with Crippen LogP contribution in [-0.2, 0) is 0 Å². The molecule has 0 aromatic heterocycles. The second-order valence-electron chi connectivity index (χ2n) is 5.20. The molecule has 0 saturated heterocycles. The van der Waals surface area contributed by atoms with Crippen molar-refractivity contribution in [3.05, 3.63) is 101 Å². The predicted molar refractivity (Wildman–Crippen MR) is 95.7 cm³/mol. The van der Waals surface area contributed by atoms with Crippen molar-refractivity contribution in [3.63, 3.8) is 0 Å². The summed E-state index contributed by atoms with van der Waals surface area (Å²) in [6.45, 7) is 0. The van der Waals surface area contributed by atoms with E-state index in [4.69, 9.17) is 11.6 Å². The molecule has 0 unspecified atom stereocenters. The Kier molecular flexibility index (Phi) is 4.73. The minimum atomic E-state index is -0.257. The van der Waals surface area contributed by atoms with E-state index >= 15 is 0 Å². The lowest BCUT2D eigenvalue weighted by atomic mass is 10.0. The Morgan fingerprint density at radius 2 is 1.33 bits per heavy atom. The molecule has 1 N–H and O–H groups in total. The number of para-hydroxylation sites is 1. The third-order valence-electron chi connectivity index (χ3n) is 3.56. The Balaban J connectivity index is 1.89. The highest BCUT2D eigenvalue weighted by Crippen LogP contribution is 2.21. The van der Waals surface area contributed by atoms with Crippen molar-refractivity contribution in [1.82, 2.24) is 0 Å². The van der Waals surface area contributed by atoms with Gasteiger partial charge >= 0.3 is 0 Å². The lowest BCUT2D eigenvalue weighted by Crippen LogP contribution is -2.15. The maximum absolute atomic E-state index is 12.7. The van der Waals surface area contributed by atoms with Gasteiger partial charge in [-0.15, -0.1) is 0 Å². The van der Waals surface area contributed by atoms with Crippen LogP contribution in [0.4, 0.5) is 5.69 Å². The highest BCUT2D eigenvalue weighted by atomic mass is 35.5. The molecule has 3 aromatic rings. The molecular weight excluding hydrogens is 322 g/mol. The smallest absolute Gasteiger partial charge is 0.255 e. The number of hydrogen-bond acceptors (Lipinski definition) is 2. The van der Waals surface area contributed by atoms with Crippen LogP contribution >= 0.6 is 11.6 Å². The molecule has 3 aromatic carbocycles. The van der Waals surface area contributed by atoms with E-state index < -0.39 is 0 Å². The van der Waals surface area contributed by atoms with Crippen LogP contribution in [0.5, 0.6) is 0 Å². The molecule has 1 amide bonds. The van der Waals surface area contributed by atoms with Crippen molar-refractivity contribution in [2.75, 3.05) is 5.32 Å². The Hall–Kier alpha value is -2.91. The summed E-state index contributed by atoms with van der Waals surface area (Å²) in [5, 5.41) is 3.37. The van der Waals surface area contributed by atoms with Crippen LogP contribution in [0.1, 0.15) is 26.3 Å². The second kappa shape index (κ2) is 7.11. The van der Waals surface area contributed by atoms with Gasteiger partial charge in [-0.25, -0.2) is 0 Å². The van der Waals surface area contributed by atoms with E-state index in [0.29, 0.717) is 27.4 Å². The zero-order chi connectivity index (χ0) is 16.9. The summed E-state index contributed by atoms with van der Waals surface area (Å²) in [6, 6.07) is 22.5. The largest absolute Gasteiger partial charge is 0.321 e. The molecule has 0 aliphatic heterocycles. The molecule has 0 saturated carbocycles. The molecule has 0 spiro atoms. The number of hydrogen-bond donors (Lipinski definition) is 1. The van der Waals surface area contributed by atoms with Gasteiger partial charge in [0.05, 0.1) is 5.69 Å². The van der Waals surface area contributed by atoms with Crippen LogP contribution in [0.15, 0.2) is 78.9 Å².